The minimum atomic E-state index is 0.244. The Kier molecular flexibility index (Phi) is 9.11. The van der Waals surface area contributed by atoms with Gasteiger partial charge in [-0.3, -0.25) is 4.90 Å². The summed E-state index contributed by atoms with van der Waals surface area (Å²) >= 11 is 0. The first kappa shape index (κ1) is 28.6. The number of rotatable bonds is 11. The van der Waals surface area contributed by atoms with Crippen LogP contribution in [0.3, 0.4) is 0 Å². The van der Waals surface area contributed by atoms with Gasteiger partial charge in [-0.05, 0) is 86.5 Å². The highest BCUT2D eigenvalue weighted by Gasteiger charge is 2.33. The zero-order chi connectivity index (χ0) is 29.4. The number of benzene rings is 4. The molecule has 4 heteroatoms. The second-order valence-electron chi connectivity index (χ2n) is 11.7. The van der Waals surface area contributed by atoms with Gasteiger partial charge >= 0.3 is 0 Å². The summed E-state index contributed by atoms with van der Waals surface area (Å²) in [7, 11) is 0. The molecule has 0 aliphatic carbocycles. The average Bonchev–Trinajstić information content (AvgIpc) is 3.47. The van der Waals surface area contributed by atoms with Crippen LogP contribution in [0.15, 0.2) is 121 Å². The van der Waals surface area contributed by atoms with E-state index in [1.165, 1.54) is 27.9 Å². The second kappa shape index (κ2) is 13.7. The van der Waals surface area contributed by atoms with Crippen LogP contribution in [0.1, 0.15) is 83.0 Å². The van der Waals surface area contributed by atoms with Crippen LogP contribution in [0.25, 0.3) is 0 Å². The number of fused-ring (bicyclic) bond motifs is 1. The quantitative estimate of drug-likeness (QED) is 0.161. The summed E-state index contributed by atoms with van der Waals surface area (Å²) in [6, 6.07) is 43.8. The van der Waals surface area contributed by atoms with Gasteiger partial charge in [0.25, 0.3) is 0 Å². The van der Waals surface area contributed by atoms with Gasteiger partial charge in [-0.2, -0.15) is 5.26 Å². The third-order valence-corrected chi connectivity index (χ3v) is 9.10. The fraction of sp³-hybridized carbons (Fsp3) is 0.282. The Balaban J connectivity index is 1.28. The summed E-state index contributed by atoms with van der Waals surface area (Å²) in [5, 5.41) is 9.31. The van der Waals surface area contributed by atoms with Crippen molar-refractivity contribution in [3.05, 3.63) is 161 Å². The van der Waals surface area contributed by atoms with Crippen LogP contribution in [0.2, 0.25) is 0 Å². The Bertz CT molecular complexity index is 1580. The van der Waals surface area contributed by atoms with Crippen molar-refractivity contribution in [1.29, 1.82) is 5.26 Å². The van der Waals surface area contributed by atoms with Crippen molar-refractivity contribution in [2.45, 2.75) is 57.0 Å². The summed E-state index contributed by atoms with van der Waals surface area (Å²) in [5.74, 6) is 1.41. The molecule has 0 radical (unpaired) electrons. The molecule has 0 saturated carbocycles. The molecule has 1 aromatic heterocycles. The van der Waals surface area contributed by atoms with E-state index in [1.807, 2.05) is 12.1 Å². The number of aromatic nitrogens is 2. The zero-order valence-corrected chi connectivity index (χ0v) is 25.0. The third kappa shape index (κ3) is 6.63. The van der Waals surface area contributed by atoms with Crippen LogP contribution in [0.4, 0.5) is 0 Å². The highest BCUT2D eigenvalue weighted by Crippen LogP contribution is 2.41. The molecule has 0 saturated heterocycles. The molecule has 4 nitrogen and oxygen atoms in total. The SMILES string of the molecule is Cc1ncc2n1[C@@H](c1ccc(C#N)cc1)CC[C@H]2N(CCCc1ccccc1)CCC(c1ccccc1)c1ccccc1. The highest BCUT2D eigenvalue weighted by atomic mass is 15.2. The smallest absolute Gasteiger partial charge is 0.106 e. The maximum atomic E-state index is 9.31. The molecule has 1 aliphatic rings. The van der Waals surface area contributed by atoms with Crippen LogP contribution in [-0.2, 0) is 6.42 Å². The van der Waals surface area contributed by atoms with E-state index in [9.17, 15) is 5.26 Å². The summed E-state index contributed by atoms with van der Waals surface area (Å²) in [5.41, 5.74) is 7.43. The standard InChI is InChI=1S/C39H40N4/c1-30-41-29-39-38(24-23-37(43(30)39)35-21-19-32(28-40)20-22-35)42(26-11-14-31-12-5-2-6-13-31)27-25-36(33-15-7-3-8-16-33)34-17-9-4-10-18-34/h2-10,12-13,15-22,29,36-38H,11,14,23-27H2,1H3/t37-,38-/m1/s1. The van der Waals surface area contributed by atoms with Crippen molar-refractivity contribution >= 4 is 0 Å². The maximum Gasteiger partial charge on any atom is 0.106 e. The first-order chi connectivity index (χ1) is 21.2. The average molecular weight is 565 g/mol. The Labute approximate surface area is 256 Å². The van der Waals surface area contributed by atoms with E-state index in [2.05, 4.69) is 132 Å². The normalized spacial score (nSPS) is 16.2. The van der Waals surface area contributed by atoms with Crippen molar-refractivity contribution in [2.75, 3.05) is 13.1 Å². The predicted octanol–water partition coefficient (Wildman–Crippen LogP) is 8.64. The Morgan fingerprint density at radius 2 is 1.44 bits per heavy atom. The topological polar surface area (TPSA) is 44.9 Å². The molecule has 0 bridgehead atoms. The molecular weight excluding hydrogens is 524 g/mol. The Morgan fingerprint density at radius 1 is 0.814 bits per heavy atom. The van der Waals surface area contributed by atoms with E-state index in [0.717, 1.165) is 51.0 Å². The fourth-order valence-corrected chi connectivity index (χ4v) is 6.93. The van der Waals surface area contributed by atoms with Gasteiger partial charge in [-0.25, -0.2) is 4.98 Å². The molecule has 4 aromatic carbocycles. The lowest BCUT2D eigenvalue weighted by Crippen LogP contribution is -2.36. The molecule has 6 rings (SSSR count). The molecule has 5 aromatic rings. The van der Waals surface area contributed by atoms with Crippen LogP contribution < -0.4 is 0 Å². The first-order valence-electron chi connectivity index (χ1n) is 15.6. The lowest BCUT2D eigenvalue weighted by atomic mass is 9.87. The van der Waals surface area contributed by atoms with E-state index in [-0.39, 0.29) is 6.04 Å². The van der Waals surface area contributed by atoms with Crippen molar-refractivity contribution in [3.63, 3.8) is 0 Å². The van der Waals surface area contributed by atoms with E-state index in [1.54, 1.807) is 0 Å². The maximum absolute atomic E-state index is 9.31. The predicted molar refractivity (Wildman–Crippen MR) is 174 cm³/mol. The van der Waals surface area contributed by atoms with Gasteiger partial charge in [0.2, 0.25) is 0 Å². The van der Waals surface area contributed by atoms with E-state index < -0.39 is 0 Å². The van der Waals surface area contributed by atoms with Gasteiger partial charge in [0.1, 0.15) is 5.82 Å². The lowest BCUT2D eigenvalue weighted by Gasteiger charge is -2.39. The van der Waals surface area contributed by atoms with Crippen LogP contribution in [0.5, 0.6) is 0 Å². The summed E-state index contributed by atoms with van der Waals surface area (Å²) in [6.07, 6.45) is 7.51. The monoisotopic (exact) mass is 564 g/mol. The largest absolute Gasteiger partial charge is 0.323 e. The van der Waals surface area contributed by atoms with E-state index in [0.29, 0.717) is 17.5 Å². The molecule has 0 unspecified atom stereocenters. The summed E-state index contributed by atoms with van der Waals surface area (Å²) < 4.78 is 2.46. The molecule has 0 fully saturated rings. The Morgan fingerprint density at radius 3 is 2.07 bits per heavy atom. The van der Waals surface area contributed by atoms with Crippen molar-refractivity contribution < 1.29 is 0 Å². The van der Waals surface area contributed by atoms with Crippen molar-refractivity contribution in [1.82, 2.24) is 14.5 Å². The molecule has 43 heavy (non-hydrogen) atoms. The van der Waals surface area contributed by atoms with Crippen LogP contribution in [-0.4, -0.2) is 27.5 Å². The van der Waals surface area contributed by atoms with Gasteiger partial charge in [-0.1, -0.05) is 103 Å². The Hall–Kier alpha value is -4.46. The van der Waals surface area contributed by atoms with Gasteiger partial charge < -0.3 is 4.57 Å². The van der Waals surface area contributed by atoms with Gasteiger partial charge in [0.05, 0.1) is 35.6 Å². The molecule has 2 atom stereocenters. The molecule has 1 aliphatic heterocycles. The number of imidazole rings is 1. The van der Waals surface area contributed by atoms with Gasteiger partial charge in [0, 0.05) is 5.92 Å². The van der Waals surface area contributed by atoms with Crippen LogP contribution in [0, 0.1) is 18.3 Å². The number of aryl methyl sites for hydroxylation is 2. The molecule has 0 spiro atoms. The second-order valence-corrected chi connectivity index (χ2v) is 11.7. The van der Waals surface area contributed by atoms with Crippen molar-refractivity contribution in [2.24, 2.45) is 0 Å². The van der Waals surface area contributed by atoms with Crippen molar-refractivity contribution in [3.8, 4) is 6.07 Å². The zero-order valence-electron chi connectivity index (χ0n) is 25.0. The van der Waals surface area contributed by atoms with Crippen LogP contribution >= 0.6 is 0 Å². The third-order valence-electron chi connectivity index (χ3n) is 9.10. The lowest BCUT2D eigenvalue weighted by molar-refractivity contribution is 0.151. The van der Waals surface area contributed by atoms with Gasteiger partial charge in [-0.15, -0.1) is 0 Å². The molecular formula is C39H40N4. The van der Waals surface area contributed by atoms with E-state index >= 15 is 0 Å². The number of hydrogen-bond acceptors (Lipinski definition) is 3. The molecule has 0 N–H and O–H groups in total. The van der Waals surface area contributed by atoms with E-state index in [4.69, 9.17) is 4.98 Å². The highest BCUT2D eigenvalue weighted by molar-refractivity contribution is 5.35. The van der Waals surface area contributed by atoms with Gasteiger partial charge in [0.15, 0.2) is 0 Å². The minimum absolute atomic E-state index is 0.244. The summed E-state index contributed by atoms with van der Waals surface area (Å²) in [6.45, 7) is 4.18. The number of hydrogen-bond donors (Lipinski definition) is 0. The molecule has 216 valence electrons. The minimum Gasteiger partial charge on any atom is -0.323 e. The first-order valence-corrected chi connectivity index (χ1v) is 15.6. The summed E-state index contributed by atoms with van der Waals surface area (Å²) in [4.78, 5) is 7.58. The number of nitriles is 1. The fourth-order valence-electron chi connectivity index (χ4n) is 6.93. The number of nitrogens with zero attached hydrogens (tertiary/aromatic N) is 4. The molecule has 2 heterocycles. The molecule has 0 amide bonds.